The van der Waals surface area contributed by atoms with Gasteiger partial charge >= 0.3 is 6.18 Å². The zero-order chi connectivity index (χ0) is 12.6. The highest BCUT2D eigenvalue weighted by atomic mass is 35.5. The molecule has 0 saturated heterocycles. The van der Waals surface area contributed by atoms with Crippen LogP contribution in [-0.4, -0.2) is 9.97 Å². The van der Waals surface area contributed by atoms with Gasteiger partial charge in [-0.2, -0.15) is 13.2 Å². The van der Waals surface area contributed by atoms with E-state index in [-0.39, 0.29) is 10.8 Å². The molecule has 1 aromatic carbocycles. The molecule has 1 heterocycles. The Morgan fingerprint density at radius 1 is 1.24 bits per heavy atom. The SMILES string of the molecule is CCc1nc(Cl)nc2cc(C(F)(F)F)ccc12. The summed E-state index contributed by atoms with van der Waals surface area (Å²) in [7, 11) is 0. The Morgan fingerprint density at radius 2 is 1.94 bits per heavy atom. The minimum Gasteiger partial charge on any atom is -0.222 e. The molecule has 2 aromatic rings. The Morgan fingerprint density at radius 3 is 2.53 bits per heavy atom. The third-order valence-electron chi connectivity index (χ3n) is 2.41. The van der Waals surface area contributed by atoms with Crippen molar-refractivity contribution in [2.24, 2.45) is 0 Å². The molecule has 6 heteroatoms. The van der Waals surface area contributed by atoms with E-state index >= 15 is 0 Å². The van der Waals surface area contributed by atoms with Gasteiger partial charge in [-0.25, -0.2) is 9.97 Å². The summed E-state index contributed by atoms with van der Waals surface area (Å²) in [5.74, 6) is 0. The number of alkyl halides is 3. The van der Waals surface area contributed by atoms with Gasteiger partial charge in [0.05, 0.1) is 16.8 Å². The van der Waals surface area contributed by atoms with Crippen molar-refractivity contribution < 1.29 is 13.2 Å². The van der Waals surface area contributed by atoms with E-state index in [4.69, 9.17) is 11.6 Å². The van der Waals surface area contributed by atoms with E-state index in [2.05, 4.69) is 9.97 Å². The van der Waals surface area contributed by atoms with Crippen LogP contribution in [0.3, 0.4) is 0 Å². The molecule has 0 aliphatic carbocycles. The van der Waals surface area contributed by atoms with Crippen molar-refractivity contribution in [1.29, 1.82) is 0 Å². The van der Waals surface area contributed by atoms with Crippen LogP contribution in [-0.2, 0) is 12.6 Å². The van der Waals surface area contributed by atoms with Crippen molar-refractivity contribution in [2.75, 3.05) is 0 Å². The van der Waals surface area contributed by atoms with Crippen LogP contribution in [0, 0.1) is 0 Å². The summed E-state index contributed by atoms with van der Waals surface area (Å²) in [6, 6.07) is 3.40. The molecule has 1 aromatic heterocycles. The summed E-state index contributed by atoms with van der Waals surface area (Å²) in [4.78, 5) is 7.80. The molecule has 2 rings (SSSR count). The van der Waals surface area contributed by atoms with Crippen LogP contribution in [0.1, 0.15) is 18.2 Å². The Kier molecular flexibility index (Phi) is 2.95. The topological polar surface area (TPSA) is 25.8 Å². The lowest BCUT2D eigenvalue weighted by Gasteiger charge is -2.09. The van der Waals surface area contributed by atoms with Gasteiger partial charge in [-0.1, -0.05) is 13.0 Å². The molecule has 2 nitrogen and oxygen atoms in total. The van der Waals surface area contributed by atoms with E-state index in [1.807, 2.05) is 6.92 Å². The van der Waals surface area contributed by atoms with Crippen molar-refractivity contribution in [2.45, 2.75) is 19.5 Å². The highest BCUT2D eigenvalue weighted by Crippen LogP contribution is 2.31. The van der Waals surface area contributed by atoms with Crippen LogP contribution in [0.2, 0.25) is 5.28 Å². The molecule has 0 atom stereocenters. The van der Waals surface area contributed by atoms with Gasteiger partial charge < -0.3 is 0 Å². The van der Waals surface area contributed by atoms with E-state index in [9.17, 15) is 13.2 Å². The average molecular weight is 261 g/mol. The van der Waals surface area contributed by atoms with Gasteiger partial charge in [-0.15, -0.1) is 0 Å². The van der Waals surface area contributed by atoms with Crippen molar-refractivity contribution in [3.63, 3.8) is 0 Å². The van der Waals surface area contributed by atoms with E-state index in [0.29, 0.717) is 17.5 Å². The average Bonchev–Trinajstić information content (AvgIpc) is 2.25. The summed E-state index contributed by atoms with van der Waals surface area (Å²) in [5, 5.41) is 0.568. The molecule has 0 aliphatic rings. The highest BCUT2D eigenvalue weighted by Gasteiger charge is 2.30. The molecule has 0 amide bonds. The lowest BCUT2D eigenvalue weighted by atomic mass is 10.1. The van der Waals surface area contributed by atoms with Crippen LogP contribution < -0.4 is 0 Å². The maximum Gasteiger partial charge on any atom is 0.416 e. The smallest absolute Gasteiger partial charge is 0.222 e. The van der Waals surface area contributed by atoms with Crippen molar-refractivity contribution in [1.82, 2.24) is 9.97 Å². The molecule has 0 aliphatic heterocycles. The number of aromatic nitrogens is 2. The van der Waals surface area contributed by atoms with E-state index in [1.54, 1.807) is 0 Å². The Labute approximate surface area is 100 Å². The fourth-order valence-corrected chi connectivity index (χ4v) is 1.80. The van der Waals surface area contributed by atoms with E-state index in [1.165, 1.54) is 6.07 Å². The first-order chi connectivity index (χ1) is 7.91. The summed E-state index contributed by atoms with van der Waals surface area (Å²) in [5.41, 5.74) is 0.132. The first kappa shape index (κ1) is 12.1. The monoisotopic (exact) mass is 260 g/mol. The quantitative estimate of drug-likeness (QED) is 0.728. The molecule has 0 saturated carbocycles. The lowest BCUT2D eigenvalue weighted by Crippen LogP contribution is -2.05. The van der Waals surface area contributed by atoms with E-state index in [0.717, 1.165) is 12.1 Å². The normalized spacial score (nSPS) is 12.1. The van der Waals surface area contributed by atoms with Gasteiger partial charge in [-0.05, 0) is 30.2 Å². The number of nitrogens with zero attached hydrogens (tertiary/aromatic N) is 2. The zero-order valence-corrected chi connectivity index (χ0v) is 9.60. The van der Waals surface area contributed by atoms with Gasteiger partial charge in [0.15, 0.2) is 0 Å². The number of halogens is 4. The Hall–Kier alpha value is -1.36. The molecule has 17 heavy (non-hydrogen) atoms. The molecular formula is C11H8ClF3N2. The molecule has 90 valence electrons. The van der Waals surface area contributed by atoms with Gasteiger partial charge in [0.25, 0.3) is 0 Å². The molecule has 0 spiro atoms. The summed E-state index contributed by atoms with van der Waals surface area (Å²) in [6.45, 7) is 1.86. The Balaban J connectivity index is 2.70. The van der Waals surface area contributed by atoms with Crippen LogP contribution >= 0.6 is 11.6 Å². The number of hydrogen-bond acceptors (Lipinski definition) is 2. The largest absolute Gasteiger partial charge is 0.416 e. The van der Waals surface area contributed by atoms with Gasteiger partial charge in [0, 0.05) is 5.39 Å². The second kappa shape index (κ2) is 4.14. The second-order valence-corrected chi connectivity index (χ2v) is 3.86. The van der Waals surface area contributed by atoms with Crippen molar-refractivity contribution in [3.05, 3.63) is 34.7 Å². The van der Waals surface area contributed by atoms with Crippen LogP contribution in [0.4, 0.5) is 13.2 Å². The predicted molar refractivity (Wildman–Crippen MR) is 58.9 cm³/mol. The fourth-order valence-electron chi connectivity index (χ4n) is 1.61. The summed E-state index contributed by atoms with van der Waals surface area (Å²) < 4.78 is 37.6. The third kappa shape index (κ3) is 2.34. The van der Waals surface area contributed by atoms with Crippen LogP contribution in [0.5, 0.6) is 0 Å². The van der Waals surface area contributed by atoms with Gasteiger partial charge in [0.1, 0.15) is 0 Å². The first-order valence-electron chi connectivity index (χ1n) is 4.95. The number of benzene rings is 1. The minimum absolute atomic E-state index is 0.0336. The van der Waals surface area contributed by atoms with Crippen LogP contribution in [0.15, 0.2) is 18.2 Å². The van der Waals surface area contributed by atoms with Crippen molar-refractivity contribution >= 4 is 22.5 Å². The van der Waals surface area contributed by atoms with Gasteiger partial charge in [0.2, 0.25) is 5.28 Å². The van der Waals surface area contributed by atoms with Gasteiger partial charge in [-0.3, -0.25) is 0 Å². The molecule has 0 bridgehead atoms. The summed E-state index contributed by atoms with van der Waals surface area (Å²) in [6.07, 6.45) is -3.79. The Bertz CT molecular complexity index is 566. The standard InChI is InChI=1S/C11H8ClF3N2/c1-2-8-7-4-3-6(11(13,14)15)5-9(7)17-10(12)16-8/h3-5H,2H2,1H3. The second-order valence-electron chi connectivity index (χ2n) is 3.52. The lowest BCUT2D eigenvalue weighted by molar-refractivity contribution is -0.137. The highest BCUT2D eigenvalue weighted by molar-refractivity contribution is 6.28. The predicted octanol–water partition coefficient (Wildman–Crippen LogP) is 3.86. The maximum atomic E-state index is 12.5. The molecular weight excluding hydrogens is 253 g/mol. The number of rotatable bonds is 1. The molecule has 0 N–H and O–H groups in total. The first-order valence-corrected chi connectivity index (χ1v) is 5.33. The third-order valence-corrected chi connectivity index (χ3v) is 2.58. The number of aryl methyl sites for hydroxylation is 1. The summed E-state index contributed by atoms with van der Waals surface area (Å²) >= 11 is 5.67. The fraction of sp³-hybridized carbons (Fsp3) is 0.273. The minimum atomic E-state index is -4.38. The number of fused-ring (bicyclic) bond motifs is 1. The van der Waals surface area contributed by atoms with Crippen LogP contribution in [0.25, 0.3) is 10.9 Å². The molecule has 0 unspecified atom stereocenters. The molecule has 0 radical (unpaired) electrons. The van der Waals surface area contributed by atoms with E-state index < -0.39 is 11.7 Å². The molecule has 0 fully saturated rings. The maximum absolute atomic E-state index is 12.5. The van der Waals surface area contributed by atoms with Crippen molar-refractivity contribution in [3.8, 4) is 0 Å². The number of hydrogen-bond donors (Lipinski definition) is 0. The zero-order valence-electron chi connectivity index (χ0n) is 8.85.